The van der Waals surface area contributed by atoms with Crippen LogP contribution in [-0.4, -0.2) is 17.0 Å². The fourth-order valence-corrected chi connectivity index (χ4v) is 2.13. The van der Waals surface area contributed by atoms with E-state index in [9.17, 15) is 0 Å². The van der Waals surface area contributed by atoms with E-state index >= 15 is 0 Å². The Morgan fingerprint density at radius 3 is 2.67 bits per heavy atom. The van der Waals surface area contributed by atoms with Gasteiger partial charge in [0.2, 0.25) is 0 Å². The maximum Gasteiger partial charge on any atom is 0.138 e. The van der Waals surface area contributed by atoms with Crippen molar-refractivity contribution in [3.8, 4) is 5.75 Å². The first-order chi connectivity index (χ1) is 10.3. The smallest absolute Gasteiger partial charge is 0.138 e. The van der Waals surface area contributed by atoms with Crippen molar-refractivity contribution >= 4 is 10.9 Å². The highest BCUT2D eigenvalue weighted by atomic mass is 16.5. The van der Waals surface area contributed by atoms with Crippen molar-refractivity contribution in [2.24, 2.45) is 0 Å². The van der Waals surface area contributed by atoms with Crippen LogP contribution in [0.4, 0.5) is 0 Å². The van der Waals surface area contributed by atoms with Gasteiger partial charge in [0.15, 0.2) is 0 Å². The summed E-state index contributed by atoms with van der Waals surface area (Å²) in [4.78, 5) is 8.90. The van der Waals surface area contributed by atoms with E-state index < -0.39 is 0 Å². The van der Waals surface area contributed by atoms with Crippen LogP contribution in [0.1, 0.15) is 11.4 Å². The van der Waals surface area contributed by atoms with Gasteiger partial charge in [-0.1, -0.05) is 24.3 Å². The molecule has 0 fully saturated rings. The number of rotatable bonds is 5. The van der Waals surface area contributed by atoms with E-state index in [1.165, 1.54) is 0 Å². The molecule has 0 bridgehead atoms. The summed E-state index contributed by atoms with van der Waals surface area (Å²) in [5.74, 6) is 0.754. The molecule has 0 aliphatic heterocycles. The molecule has 4 heteroatoms. The Bertz CT molecular complexity index is 725. The Labute approximate surface area is 123 Å². The molecule has 0 unspecified atom stereocenters. The van der Waals surface area contributed by atoms with Crippen molar-refractivity contribution in [2.75, 3.05) is 7.05 Å². The molecule has 0 aliphatic rings. The Morgan fingerprint density at radius 1 is 1.00 bits per heavy atom. The first-order valence-corrected chi connectivity index (χ1v) is 6.92. The van der Waals surface area contributed by atoms with Gasteiger partial charge in [-0.15, -0.1) is 0 Å². The normalized spacial score (nSPS) is 10.7. The predicted molar refractivity (Wildman–Crippen MR) is 83.1 cm³/mol. The molecule has 0 atom stereocenters. The summed E-state index contributed by atoms with van der Waals surface area (Å²) < 4.78 is 5.73. The third kappa shape index (κ3) is 3.35. The molecule has 0 amide bonds. The van der Waals surface area contributed by atoms with Crippen molar-refractivity contribution in [1.82, 2.24) is 15.3 Å². The number of nitrogens with one attached hydrogen (secondary N) is 1. The summed E-state index contributed by atoms with van der Waals surface area (Å²) >= 11 is 0. The highest BCUT2D eigenvalue weighted by molar-refractivity contribution is 5.78. The second-order valence-electron chi connectivity index (χ2n) is 4.80. The number of pyridine rings is 2. The molecule has 4 nitrogen and oxygen atoms in total. The van der Waals surface area contributed by atoms with E-state index in [1.54, 1.807) is 6.20 Å². The zero-order valence-corrected chi connectivity index (χ0v) is 11.9. The molecule has 0 aliphatic carbocycles. The van der Waals surface area contributed by atoms with Gasteiger partial charge in [0.05, 0.1) is 23.1 Å². The standard InChI is InChI=1S/C17H17N3O/c1-18-10-14-8-9-16(11-19-14)21-12-15-7-6-13-4-2-3-5-17(13)20-15/h2-9,11,18H,10,12H2,1H3. The van der Waals surface area contributed by atoms with Crippen LogP contribution in [0, 0.1) is 0 Å². The molecule has 3 rings (SSSR count). The van der Waals surface area contributed by atoms with Crippen molar-refractivity contribution in [1.29, 1.82) is 0 Å². The lowest BCUT2D eigenvalue weighted by Gasteiger charge is -2.07. The predicted octanol–water partition coefficient (Wildman–Crippen LogP) is 2.93. The van der Waals surface area contributed by atoms with Gasteiger partial charge in [-0.2, -0.15) is 0 Å². The van der Waals surface area contributed by atoms with Crippen molar-refractivity contribution < 1.29 is 4.74 Å². The van der Waals surface area contributed by atoms with Gasteiger partial charge in [0.25, 0.3) is 0 Å². The Hall–Kier alpha value is -2.46. The first kappa shape index (κ1) is 13.5. The lowest BCUT2D eigenvalue weighted by atomic mass is 10.2. The largest absolute Gasteiger partial charge is 0.486 e. The molecule has 1 aromatic carbocycles. The van der Waals surface area contributed by atoms with Crippen LogP contribution in [-0.2, 0) is 13.2 Å². The highest BCUT2D eigenvalue weighted by Gasteiger charge is 2.00. The second-order valence-corrected chi connectivity index (χ2v) is 4.80. The topological polar surface area (TPSA) is 47.0 Å². The number of hydrogen-bond donors (Lipinski definition) is 1. The lowest BCUT2D eigenvalue weighted by Crippen LogP contribution is -2.06. The van der Waals surface area contributed by atoms with Crippen LogP contribution in [0.15, 0.2) is 54.7 Å². The first-order valence-electron chi connectivity index (χ1n) is 6.92. The van der Waals surface area contributed by atoms with Gasteiger partial charge in [-0.25, -0.2) is 4.98 Å². The maximum absolute atomic E-state index is 5.73. The SMILES string of the molecule is CNCc1ccc(OCc2ccc3ccccc3n2)cn1. The van der Waals surface area contributed by atoms with E-state index in [1.807, 2.05) is 43.4 Å². The number of aromatic nitrogens is 2. The average molecular weight is 279 g/mol. The number of fused-ring (bicyclic) bond motifs is 1. The minimum Gasteiger partial charge on any atom is -0.486 e. The van der Waals surface area contributed by atoms with Gasteiger partial charge in [-0.05, 0) is 31.3 Å². The van der Waals surface area contributed by atoms with Gasteiger partial charge < -0.3 is 10.1 Å². The second kappa shape index (κ2) is 6.33. The van der Waals surface area contributed by atoms with E-state index in [2.05, 4.69) is 27.4 Å². The minimum atomic E-state index is 0.442. The van der Waals surface area contributed by atoms with Gasteiger partial charge in [-0.3, -0.25) is 4.98 Å². The fourth-order valence-electron chi connectivity index (χ4n) is 2.13. The number of ether oxygens (including phenoxy) is 1. The summed E-state index contributed by atoms with van der Waals surface area (Å²) in [7, 11) is 1.90. The molecule has 3 aromatic rings. The molecule has 0 radical (unpaired) electrons. The quantitative estimate of drug-likeness (QED) is 0.780. The molecule has 1 N–H and O–H groups in total. The summed E-state index contributed by atoms with van der Waals surface area (Å²) in [6.45, 7) is 1.20. The van der Waals surface area contributed by atoms with Crippen LogP contribution in [0.2, 0.25) is 0 Å². The molecule has 2 aromatic heterocycles. The van der Waals surface area contributed by atoms with Gasteiger partial charge >= 0.3 is 0 Å². The third-order valence-corrected chi connectivity index (χ3v) is 3.20. The lowest BCUT2D eigenvalue weighted by molar-refractivity contribution is 0.300. The minimum absolute atomic E-state index is 0.442. The number of hydrogen-bond acceptors (Lipinski definition) is 4. The average Bonchev–Trinajstić information content (AvgIpc) is 2.54. The third-order valence-electron chi connectivity index (χ3n) is 3.20. The zero-order valence-electron chi connectivity index (χ0n) is 11.9. The van der Waals surface area contributed by atoms with Gasteiger partial charge in [0.1, 0.15) is 12.4 Å². The number of benzene rings is 1. The molecular formula is C17H17N3O. The zero-order chi connectivity index (χ0) is 14.5. The molecule has 0 saturated heterocycles. The van der Waals surface area contributed by atoms with Crippen LogP contribution >= 0.6 is 0 Å². The summed E-state index contributed by atoms with van der Waals surface area (Å²) in [5, 5.41) is 4.20. The molecule has 21 heavy (non-hydrogen) atoms. The van der Waals surface area contributed by atoms with E-state index in [0.717, 1.165) is 34.6 Å². The van der Waals surface area contributed by atoms with Crippen LogP contribution in [0.25, 0.3) is 10.9 Å². The Morgan fingerprint density at radius 2 is 1.86 bits per heavy atom. The number of nitrogens with zero attached hydrogens (tertiary/aromatic N) is 2. The van der Waals surface area contributed by atoms with Crippen molar-refractivity contribution in [3.05, 3.63) is 66.1 Å². The van der Waals surface area contributed by atoms with Crippen LogP contribution in [0.3, 0.4) is 0 Å². The van der Waals surface area contributed by atoms with Crippen LogP contribution < -0.4 is 10.1 Å². The highest BCUT2D eigenvalue weighted by Crippen LogP contribution is 2.14. The molecular weight excluding hydrogens is 262 g/mol. The van der Waals surface area contributed by atoms with Crippen molar-refractivity contribution in [2.45, 2.75) is 13.2 Å². The Kier molecular flexibility index (Phi) is 4.07. The monoisotopic (exact) mass is 279 g/mol. The summed E-state index contributed by atoms with van der Waals surface area (Å²) in [6.07, 6.45) is 1.74. The molecule has 2 heterocycles. The molecule has 106 valence electrons. The summed E-state index contributed by atoms with van der Waals surface area (Å²) in [6, 6.07) is 16.0. The number of para-hydroxylation sites is 1. The van der Waals surface area contributed by atoms with Crippen molar-refractivity contribution in [3.63, 3.8) is 0 Å². The molecule has 0 spiro atoms. The Balaban J connectivity index is 1.68. The van der Waals surface area contributed by atoms with Gasteiger partial charge in [0, 0.05) is 11.9 Å². The summed E-state index contributed by atoms with van der Waals surface area (Å²) in [5.41, 5.74) is 2.89. The molecule has 0 saturated carbocycles. The van der Waals surface area contributed by atoms with E-state index in [-0.39, 0.29) is 0 Å². The van der Waals surface area contributed by atoms with Crippen LogP contribution in [0.5, 0.6) is 5.75 Å². The fraction of sp³-hybridized carbons (Fsp3) is 0.176. The maximum atomic E-state index is 5.73. The van der Waals surface area contributed by atoms with E-state index in [4.69, 9.17) is 4.74 Å². The van der Waals surface area contributed by atoms with E-state index in [0.29, 0.717) is 6.61 Å².